The van der Waals surface area contributed by atoms with Crippen LogP contribution < -0.4 is 0 Å². The van der Waals surface area contributed by atoms with E-state index in [2.05, 4.69) is 28.1 Å². The Morgan fingerprint density at radius 2 is 2.20 bits per heavy atom. The molecule has 0 bridgehead atoms. The summed E-state index contributed by atoms with van der Waals surface area (Å²) in [5, 5.41) is 9.68. The smallest absolute Gasteiger partial charge is 0.237 e. The van der Waals surface area contributed by atoms with Gasteiger partial charge in [-0.3, -0.25) is 14.7 Å². The number of pyridine rings is 1. The Morgan fingerprint density at radius 1 is 1.40 bits per heavy atom. The molecule has 1 fully saturated rings. The van der Waals surface area contributed by atoms with E-state index in [-0.39, 0.29) is 5.91 Å². The first-order valence-electron chi connectivity index (χ1n) is 9.14. The normalized spacial score (nSPS) is 20.4. The molecule has 0 N–H and O–H groups in total. The van der Waals surface area contributed by atoms with Crippen molar-refractivity contribution in [2.24, 2.45) is 0 Å². The predicted molar refractivity (Wildman–Crippen MR) is 97.5 cm³/mol. The van der Waals surface area contributed by atoms with Gasteiger partial charge in [0.2, 0.25) is 5.91 Å². The molecule has 5 heteroatoms. The molecule has 132 valence electrons. The molecule has 1 aromatic heterocycles. The first kappa shape index (κ1) is 17.6. The SMILES string of the molecule is CN(C(=O)CN1CCC=C(c2cccnc2)C1)C1(C#N)CCCCC1. The van der Waals surface area contributed by atoms with Crippen LogP contribution in [0.3, 0.4) is 0 Å². The topological polar surface area (TPSA) is 60.2 Å². The fourth-order valence-electron chi connectivity index (χ4n) is 3.90. The highest BCUT2D eigenvalue weighted by atomic mass is 16.2. The third-order valence-corrected chi connectivity index (χ3v) is 5.53. The number of carbonyl (C=O) groups excluding carboxylic acids is 1. The van der Waals surface area contributed by atoms with E-state index in [1.807, 2.05) is 12.3 Å². The van der Waals surface area contributed by atoms with Crippen LogP contribution in [0.2, 0.25) is 0 Å². The molecule has 0 spiro atoms. The lowest BCUT2D eigenvalue weighted by atomic mass is 9.81. The van der Waals surface area contributed by atoms with Crippen molar-refractivity contribution in [2.45, 2.75) is 44.1 Å². The van der Waals surface area contributed by atoms with E-state index in [9.17, 15) is 10.1 Å². The molecular weight excluding hydrogens is 312 g/mol. The van der Waals surface area contributed by atoms with Crippen molar-refractivity contribution >= 4 is 11.5 Å². The van der Waals surface area contributed by atoms with E-state index in [1.54, 1.807) is 18.1 Å². The summed E-state index contributed by atoms with van der Waals surface area (Å²) in [4.78, 5) is 20.9. The van der Waals surface area contributed by atoms with Gasteiger partial charge in [0.05, 0.1) is 12.6 Å². The third kappa shape index (κ3) is 3.91. The largest absolute Gasteiger partial charge is 0.326 e. The number of aromatic nitrogens is 1. The Balaban J connectivity index is 1.63. The molecule has 2 aliphatic rings. The van der Waals surface area contributed by atoms with E-state index < -0.39 is 5.54 Å². The minimum absolute atomic E-state index is 0.0517. The quantitative estimate of drug-likeness (QED) is 0.847. The third-order valence-electron chi connectivity index (χ3n) is 5.53. The van der Waals surface area contributed by atoms with Gasteiger partial charge in [-0.25, -0.2) is 0 Å². The van der Waals surface area contributed by atoms with Crippen molar-refractivity contribution in [1.82, 2.24) is 14.8 Å². The van der Waals surface area contributed by atoms with E-state index in [0.29, 0.717) is 6.54 Å². The van der Waals surface area contributed by atoms with Crippen molar-refractivity contribution in [1.29, 1.82) is 5.26 Å². The minimum atomic E-state index is -0.604. The van der Waals surface area contributed by atoms with Gasteiger partial charge in [0, 0.05) is 32.5 Å². The molecule has 5 nitrogen and oxygen atoms in total. The van der Waals surface area contributed by atoms with Crippen molar-refractivity contribution in [2.75, 3.05) is 26.7 Å². The summed E-state index contributed by atoms with van der Waals surface area (Å²) >= 11 is 0. The van der Waals surface area contributed by atoms with E-state index in [0.717, 1.165) is 57.2 Å². The molecule has 0 saturated heterocycles. The Hall–Kier alpha value is -2.19. The lowest BCUT2D eigenvalue weighted by molar-refractivity contribution is -0.136. The lowest BCUT2D eigenvalue weighted by Gasteiger charge is -2.40. The van der Waals surface area contributed by atoms with E-state index in [4.69, 9.17) is 0 Å². The van der Waals surface area contributed by atoms with Gasteiger partial charge in [-0.2, -0.15) is 5.26 Å². The van der Waals surface area contributed by atoms with Crippen molar-refractivity contribution in [3.63, 3.8) is 0 Å². The highest BCUT2D eigenvalue weighted by molar-refractivity contribution is 5.80. The van der Waals surface area contributed by atoms with Crippen LogP contribution in [0, 0.1) is 11.3 Å². The van der Waals surface area contributed by atoms with Crippen LogP contribution in [-0.4, -0.2) is 52.9 Å². The van der Waals surface area contributed by atoms with Gasteiger partial charge in [0.1, 0.15) is 5.54 Å². The van der Waals surface area contributed by atoms with E-state index >= 15 is 0 Å². The van der Waals surface area contributed by atoms with Gasteiger partial charge < -0.3 is 4.90 Å². The summed E-state index contributed by atoms with van der Waals surface area (Å²) in [6.45, 7) is 2.01. The molecule has 1 aliphatic carbocycles. The Bertz CT molecular complexity index is 671. The van der Waals surface area contributed by atoms with Crippen LogP contribution in [0.25, 0.3) is 5.57 Å². The maximum Gasteiger partial charge on any atom is 0.237 e. The molecular formula is C20H26N4O. The number of hydrogen-bond acceptors (Lipinski definition) is 4. The Morgan fingerprint density at radius 3 is 2.88 bits per heavy atom. The number of rotatable bonds is 4. The monoisotopic (exact) mass is 338 g/mol. The van der Waals surface area contributed by atoms with Crippen molar-refractivity contribution in [3.05, 3.63) is 36.2 Å². The zero-order valence-corrected chi connectivity index (χ0v) is 14.9. The van der Waals surface area contributed by atoms with Gasteiger partial charge in [-0.15, -0.1) is 0 Å². The highest BCUT2D eigenvalue weighted by Gasteiger charge is 2.39. The zero-order chi connectivity index (χ0) is 17.7. The van der Waals surface area contributed by atoms with Crippen LogP contribution in [0.4, 0.5) is 0 Å². The fourth-order valence-corrected chi connectivity index (χ4v) is 3.90. The average Bonchev–Trinajstić information content (AvgIpc) is 2.68. The molecule has 3 rings (SSSR count). The molecule has 1 aromatic rings. The summed E-state index contributed by atoms with van der Waals surface area (Å²) in [5.74, 6) is 0.0517. The summed E-state index contributed by atoms with van der Waals surface area (Å²) in [6, 6.07) is 6.43. The number of nitriles is 1. The second-order valence-corrected chi connectivity index (χ2v) is 7.13. The van der Waals surface area contributed by atoms with Crippen LogP contribution in [-0.2, 0) is 4.79 Å². The van der Waals surface area contributed by atoms with Crippen LogP contribution >= 0.6 is 0 Å². The summed E-state index contributed by atoms with van der Waals surface area (Å²) in [6.07, 6.45) is 11.6. The molecule has 0 unspecified atom stereocenters. The standard InChI is InChI=1S/C20H26N4O/c1-23(20(16-21)9-3-2-4-10-20)19(25)15-24-12-6-8-18(14-24)17-7-5-11-22-13-17/h5,7-8,11,13H,2-4,6,9-10,12,14-15H2,1H3. The second-order valence-electron chi connectivity index (χ2n) is 7.13. The Kier molecular flexibility index (Phi) is 5.50. The number of carbonyl (C=O) groups is 1. The summed E-state index contributed by atoms with van der Waals surface area (Å²) in [7, 11) is 1.80. The fraction of sp³-hybridized carbons (Fsp3) is 0.550. The predicted octanol–water partition coefficient (Wildman–Crippen LogP) is 2.86. The maximum absolute atomic E-state index is 12.8. The summed E-state index contributed by atoms with van der Waals surface area (Å²) in [5.41, 5.74) is 1.74. The number of amides is 1. The highest BCUT2D eigenvalue weighted by Crippen LogP contribution is 2.32. The van der Waals surface area contributed by atoms with Gasteiger partial charge in [0.25, 0.3) is 0 Å². The zero-order valence-electron chi connectivity index (χ0n) is 14.9. The second kappa shape index (κ2) is 7.79. The van der Waals surface area contributed by atoms with Gasteiger partial charge in [-0.1, -0.05) is 31.4 Å². The molecule has 1 aliphatic heterocycles. The first-order valence-corrected chi connectivity index (χ1v) is 9.14. The molecule has 0 aromatic carbocycles. The average molecular weight is 338 g/mol. The number of nitrogens with zero attached hydrogens (tertiary/aromatic N) is 4. The van der Waals surface area contributed by atoms with Crippen molar-refractivity contribution in [3.8, 4) is 6.07 Å². The van der Waals surface area contributed by atoms with Crippen LogP contribution in [0.5, 0.6) is 0 Å². The Labute approximate surface area is 149 Å². The first-order chi connectivity index (χ1) is 12.1. The molecule has 2 heterocycles. The van der Waals surface area contributed by atoms with Crippen LogP contribution in [0.15, 0.2) is 30.6 Å². The van der Waals surface area contributed by atoms with Gasteiger partial charge >= 0.3 is 0 Å². The van der Waals surface area contributed by atoms with Gasteiger partial charge in [0.15, 0.2) is 0 Å². The summed E-state index contributed by atoms with van der Waals surface area (Å²) < 4.78 is 0. The maximum atomic E-state index is 12.8. The van der Waals surface area contributed by atoms with Crippen molar-refractivity contribution < 1.29 is 4.79 Å². The minimum Gasteiger partial charge on any atom is -0.326 e. The molecule has 0 radical (unpaired) electrons. The lowest BCUT2D eigenvalue weighted by Crippen LogP contribution is -2.53. The van der Waals surface area contributed by atoms with E-state index in [1.165, 1.54) is 5.57 Å². The van der Waals surface area contributed by atoms with Gasteiger partial charge in [-0.05, 0) is 36.5 Å². The number of hydrogen-bond donors (Lipinski definition) is 0. The molecule has 1 saturated carbocycles. The molecule has 25 heavy (non-hydrogen) atoms. The van der Waals surface area contributed by atoms with Crippen LogP contribution in [0.1, 0.15) is 44.1 Å². The molecule has 1 amide bonds. The number of likely N-dealkylation sites (N-methyl/N-ethyl adjacent to an activating group) is 1. The molecule has 0 atom stereocenters.